The van der Waals surface area contributed by atoms with E-state index in [9.17, 15) is 15.0 Å². The molecule has 0 heterocycles. The molecule has 1 fully saturated rings. The first-order valence-electron chi connectivity index (χ1n) is 6.87. The van der Waals surface area contributed by atoms with Gasteiger partial charge in [-0.2, -0.15) is 0 Å². The smallest absolute Gasteiger partial charge is 0.162 e. The number of aliphatic hydroxyl groups is 2. The monoisotopic (exact) mass is 250 g/mol. The normalized spacial score (nSPS) is 45.6. The van der Waals surface area contributed by atoms with Gasteiger partial charge < -0.3 is 10.2 Å². The van der Waals surface area contributed by atoms with E-state index in [0.29, 0.717) is 12.8 Å². The summed E-state index contributed by atoms with van der Waals surface area (Å²) in [7, 11) is 0. The summed E-state index contributed by atoms with van der Waals surface area (Å²) in [6.45, 7) is 5.91. The summed E-state index contributed by atoms with van der Waals surface area (Å²) in [6, 6.07) is 0. The van der Waals surface area contributed by atoms with E-state index in [2.05, 4.69) is 0 Å². The molecule has 18 heavy (non-hydrogen) atoms. The Morgan fingerprint density at radius 2 is 1.89 bits per heavy atom. The second-order valence-electron chi connectivity index (χ2n) is 7.09. The molecule has 0 amide bonds. The van der Waals surface area contributed by atoms with E-state index < -0.39 is 5.60 Å². The van der Waals surface area contributed by atoms with Gasteiger partial charge in [0.25, 0.3) is 0 Å². The van der Waals surface area contributed by atoms with Crippen molar-refractivity contribution in [1.82, 2.24) is 0 Å². The van der Waals surface area contributed by atoms with E-state index in [4.69, 9.17) is 0 Å². The summed E-state index contributed by atoms with van der Waals surface area (Å²) in [5, 5.41) is 20.5. The Bertz CT molecular complexity index is 456. The Morgan fingerprint density at radius 3 is 2.39 bits per heavy atom. The van der Waals surface area contributed by atoms with Gasteiger partial charge in [0.15, 0.2) is 5.78 Å². The second-order valence-corrected chi connectivity index (χ2v) is 7.09. The molecular weight excluding hydrogens is 228 g/mol. The minimum absolute atomic E-state index is 0.0741. The molecule has 0 bridgehead atoms. The highest BCUT2D eigenvalue weighted by Gasteiger charge is 2.67. The van der Waals surface area contributed by atoms with Gasteiger partial charge in [-0.1, -0.05) is 13.8 Å². The van der Waals surface area contributed by atoms with Crippen molar-refractivity contribution in [3.63, 3.8) is 0 Å². The molecule has 3 aliphatic carbocycles. The van der Waals surface area contributed by atoms with Crippen LogP contribution >= 0.6 is 0 Å². The second kappa shape index (κ2) is 3.26. The molecule has 2 N–H and O–H groups in total. The molecule has 0 aromatic carbocycles. The largest absolute Gasteiger partial charge is 0.396 e. The third-order valence-electron chi connectivity index (χ3n) is 5.82. The molecule has 0 aromatic heterocycles. The fourth-order valence-corrected chi connectivity index (χ4v) is 4.23. The van der Waals surface area contributed by atoms with E-state index in [1.165, 1.54) is 0 Å². The molecule has 0 aliphatic heterocycles. The van der Waals surface area contributed by atoms with Crippen LogP contribution in [0.15, 0.2) is 11.1 Å². The summed E-state index contributed by atoms with van der Waals surface area (Å²) in [6.07, 6.45) is 3.17. The van der Waals surface area contributed by atoms with Crippen LogP contribution in [0.4, 0.5) is 0 Å². The van der Waals surface area contributed by atoms with Gasteiger partial charge in [0.2, 0.25) is 0 Å². The van der Waals surface area contributed by atoms with E-state index in [0.717, 1.165) is 24.0 Å². The van der Waals surface area contributed by atoms with Crippen molar-refractivity contribution in [1.29, 1.82) is 0 Å². The van der Waals surface area contributed by atoms with Gasteiger partial charge in [0.1, 0.15) is 0 Å². The Kier molecular flexibility index (Phi) is 2.24. The molecule has 0 unspecified atom stereocenters. The molecule has 0 radical (unpaired) electrons. The summed E-state index contributed by atoms with van der Waals surface area (Å²) in [5.41, 5.74) is 0.387. The molecule has 3 aliphatic rings. The fraction of sp³-hybridized carbons (Fsp3) is 0.800. The first-order valence-corrected chi connectivity index (χ1v) is 6.87. The maximum Gasteiger partial charge on any atom is 0.162 e. The van der Waals surface area contributed by atoms with Gasteiger partial charge in [-0.3, -0.25) is 4.79 Å². The standard InChI is InChI=1S/C15H22O3/c1-9-12(17)10-6-13(2,8-16)7-11(10)14(3,18)15(9)4-5-15/h9,16,18H,4-8H2,1-3H3/t9-,13-,14-/m0/s1. The van der Waals surface area contributed by atoms with Gasteiger partial charge in [-0.15, -0.1) is 0 Å². The van der Waals surface area contributed by atoms with Crippen LogP contribution in [0.2, 0.25) is 0 Å². The molecule has 0 aromatic rings. The molecule has 3 atom stereocenters. The first-order chi connectivity index (χ1) is 8.27. The Hall–Kier alpha value is -0.670. The average molecular weight is 250 g/mol. The van der Waals surface area contributed by atoms with Crippen molar-refractivity contribution in [3.8, 4) is 0 Å². The minimum Gasteiger partial charge on any atom is -0.396 e. The van der Waals surface area contributed by atoms with Crippen LogP contribution in [-0.4, -0.2) is 28.2 Å². The number of hydrogen-bond acceptors (Lipinski definition) is 3. The third kappa shape index (κ3) is 1.24. The quantitative estimate of drug-likeness (QED) is 0.746. The SMILES string of the molecule is C[C@H]1C(=O)C2=C(C[C@@](C)(CO)C2)[C@](C)(O)C12CC2. The Morgan fingerprint density at radius 1 is 1.28 bits per heavy atom. The van der Waals surface area contributed by atoms with Crippen molar-refractivity contribution in [3.05, 3.63) is 11.1 Å². The average Bonchev–Trinajstić information content (AvgIpc) is 3.05. The van der Waals surface area contributed by atoms with Crippen molar-refractivity contribution < 1.29 is 15.0 Å². The first kappa shape index (κ1) is 12.4. The van der Waals surface area contributed by atoms with Gasteiger partial charge in [0, 0.05) is 17.9 Å². The zero-order valence-corrected chi connectivity index (χ0v) is 11.4. The fourth-order valence-electron chi connectivity index (χ4n) is 4.23. The van der Waals surface area contributed by atoms with Crippen molar-refractivity contribution >= 4 is 5.78 Å². The highest BCUT2D eigenvalue weighted by Crippen LogP contribution is 2.67. The van der Waals surface area contributed by atoms with Gasteiger partial charge in [-0.05, 0) is 49.2 Å². The van der Waals surface area contributed by atoms with Crippen molar-refractivity contribution in [2.75, 3.05) is 6.61 Å². The number of hydrogen-bond donors (Lipinski definition) is 2. The van der Waals surface area contributed by atoms with E-state index in [-0.39, 0.29) is 29.1 Å². The Balaban J connectivity index is 2.09. The lowest BCUT2D eigenvalue weighted by Gasteiger charge is -2.43. The highest BCUT2D eigenvalue weighted by molar-refractivity contribution is 6.01. The predicted octanol–water partition coefficient (Wildman–Crippen LogP) is 1.83. The number of carbonyl (C=O) groups is 1. The molecule has 1 spiro atoms. The maximum atomic E-state index is 12.5. The summed E-state index contributed by atoms with van der Waals surface area (Å²) < 4.78 is 0. The lowest BCUT2D eigenvalue weighted by molar-refractivity contribution is -0.127. The zero-order valence-electron chi connectivity index (χ0n) is 11.4. The summed E-state index contributed by atoms with van der Waals surface area (Å²) in [4.78, 5) is 12.5. The predicted molar refractivity (Wildman–Crippen MR) is 67.9 cm³/mol. The molecule has 100 valence electrons. The van der Waals surface area contributed by atoms with Crippen LogP contribution in [0.25, 0.3) is 0 Å². The van der Waals surface area contributed by atoms with E-state index in [1.807, 2.05) is 20.8 Å². The van der Waals surface area contributed by atoms with Crippen LogP contribution in [-0.2, 0) is 4.79 Å². The van der Waals surface area contributed by atoms with Crippen LogP contribution in [0.1, 0.15) is 46.5 Å². The minimum atomic E-state index is -0.859. The molecule has 3 rings (SSSR count). The number of allylic oxidation sites excluding steroid dienone is 1. The number of carbonyl (C=O) groups excluding carboxylic acids is 1. The Labute approximate surface area is 108 Å². The zero-order chi connectivity index (χ0) is 13.3. The molecular formula is C15H22O3. The van der Waals surface area contributed by atoms with Crippen molar-refractivity contribution in [2.45, 2.75) is 52.1 Å². The number of ketones is 1. The van der Waals surface area contributed by atoms with Crippen LogP contribution in [0, 0.1) is 16.7 Å². The lowest BCUT2D eigenvalue weighted by atomic mass is 9.64. The molecule has 1 saturated carbocycles. The third-order valence-corrected chi connectivity index (χ3v) is 5.82. The van der Waals surface area contributed by atoms with E-state index >= 15 is 0 Å². The van der Waals surface area contributed by atoms with Crippen LogP contribution in [0.3, 0.4) is 0 Å². The molecule has 3 heteroatoms. The number of Topliss-reactive ketones (excluding diaryl/α,β-unsaturated/α-hetero) is 1. The summed E-state index contributed by atoms with van der Waals surface area (Å²) >= 11 is 0. The molecule has 3 nitrogen and oxygen atoms in total. The molecule has 0 saturated heterocycles. The lowest BCUT2D eigenvalue weighted by Crippen LogP contribution is -2.48. The summed E-state index contributed by atoms with van der Waals surface area (Å²) in [5.74, 6) is 0.137. The van der Waals surface area contributed by atoms with Gasteiger partial charge in [-0.25, -0.2) is 0 Å². The number of aliphatic hydroxyl groups excluding tert-OH is 1. The number of rotatable bonds is 1. The maximum absolute atomic E-state index is 12.5. The van der Waals surface area contributed by atoms with E-state index in [1.54, 1.807) is 0 Å². The van der Waals surface area contributed by atoms with Gasteiger partial charge in [0.05, 0.1) is 5.60 Å². The van der Waals surface area contributed by atoms with Crippen molar-refractivity contribution in [2.24, 2.45) is 16.7 Å². The highest BCUT2D eigenvalue weighted by atomic mass is 16.3. The van der Waals surface area contributed by atoms with Gasteiger partial charge >= 0.3 is 0 Å². The van der Waals surface area contributed by atoms with Crippen LogP contribution in [0.5, 0.6) is 0 Å². The topological polar surface area (TPSA) is 57.5 Å². The van der Waals surface area contributed by atoms with Crippen LogP contribution < -0.4 is 0 Å².